The molecule has 1 heterocycles. The van der Waals surface area contributed by atoms with Gasteiger partial charge in [0.2, 0.25) is 0 Å². The number of alkyl halides is 2. The fourth-order valence-electron chi connectivity index (χ4n) is 3.06. The molecular weight excluding hydrogens is 354 g/mol. The summed E-state index contributed by atoms with van der Waals surface area (Å²) < 4.78 is 29.0. The average molecular weight is 374 g/mol. The Morgan fingerprint density at radius 1 is 1.40 bits per heavy atom. The molecule has 3 rings (SSSR count). The van der Waals surface area contributed by atoms with Gasteiger partial charge >= 0.3 is 12.6 Å². The Labute approximate surface area is 147 Å². The summed E-state index contributed by atoms with van der Waals surface area (Å²) in [5.74, 6) is -0.802. The van der Waals surface area contributed by atoms with E-state index in [2.05, 4.69) is 10.1 Å². The van der Waals surface area contributed by atoms with Crippen molar-refractivity contribution in [3.63, 3.8) is 0 Å². The van der Waals surface area contributed by atoms with Crippen LogP contribution in [0.3, 0.4) is 0 Å². The molecule has 2 fully saturated rings. The van der Waals surface area contributed by atoms with Crippen molar-refractivity contribution >= 4 is 23.2 Å². The van der Waals surface area contributed by atoms with Gasteiger partial charge in [0.15, 0.2) is 0 Å². The van der Waals surface area contributed by atoms with E-state index in [1.807, 2.05) is 4.90 Å². The van der Waals surface area contributed by atoms with E-state index in [1.165, 1.54) is 11.4 Å². The number of nitrogens with one attached hydrogen (secondary N) is 1. The highest BCUT2D eigenvalue weighted by Gasteiger charge is 2.38. The van der Waals surface area contributed by atoms with E-state index in [1.54, 1.807) is 0 Å². The first-order chi connectivity index (χ1) is 11.9. The molecule has 0 bridgehead atoms. The van der Waals surface area contributed by atoms with Gasteiger partial charge in [-0.15, -0.1) is 11.3 Å². The van der Waals surface area contributed by atoms with Gasteiger partial charge in [0.05, 0.1) is 6.54 Å². The Morgan fingerprint density at radius 3 is 2.72 bits per heavy atom. The van der Waals surface area contributed by atoms with Crippen molar-refractivity contribution in [3.05, 3.63) is 16.3 Å². The number of rotatable bonds is 9. The molecule has 2 aliphatic carbocycles. The Balaban J connectivity index is 1.49. The van der Waals surface area contributed by atoms with Gasteiger partial charge in [-0.3, -0.25) is 14.5 Å². The van der Waals surface area contributed by atoms with E-state index in [0.717, 1.165) is 30.7 Å². The Bertz CT molecular complexity index is 629. The fourth-order valence-corrected chi connectivity index (χ4v) is 3.78. The van der Waals surface area contributed by atoms with Crippen LogP contribution >= 0.6 is 11.3 Å². The monoisotopic (exact) mass is 374 g/mol. The maximum Gasteiger partial charge on any atom is 0.387 e. The standard InChI is InChI=1S/C16H20F2N2O4S/c17-16(18)24-12-3-4-25-14(12)15(23)19-10-5-11(6-10)20(8-13(21)22)7-9-1-2-9/h3-4,9-11,16H,1-2,5-8H2,(H,19,23)(H,21,22). The minimum atomic E-state index is -2.97. The largest absolute Gasteiger partial charge is 0.480 e. The van der Waals surface area contributed by atoms with Gasteiger partial charge in [0.25, 0.3) is 5.91 Å². The number of amides is 1. The molecule has 1 amide bonds. The van der Waals surface area contributed by atoms with Gasteiger partial charge in [0, 0.05) is 18.6 Å². The van der Waals surface area contributed by atoms with E-state index in [-0.39, 0.29) is 29.3 Å². The highest BCUT2D eigenvalue weighted by molar-refractivity contribution is 7.12. The van der Waals surface area contributed by atoms with Crippen LogP contribution in [0, 0.1) is 5.92 Å². The molecule has 0 aliphatic heterocycles. The maximum atomic E-state index is 12.3. The molecule has 0 unspecified atom stereocenters. The molecule has 1 aromatic heterocycles. The lowest BCUT2D eigenvalue weighted by atomic mass is 9.85. The summed E-state index contributed by atoms with van der Waals surface area (Å²) in [4.78, 5) is 25.3. The third-order valence-corrected chi connectivity index (χ3v) is 5.44. The lowest BCUT2D eigenvalue weighted by molar-refractivity contribution is -0.139. The van der Waals surface area contributed by atoms with Gasteiger partial charge in [-0.25, -0.2) is 0 Å². The molecular formula is C16H20F2N2O4S. The maximum absolute atomic E-state index is 12.3. The summed E-state index contributed by atoms with van der Waals surface area (Å²) in [6.45, 7) is -2.17. The number of thiophene rings is 1. The second-order valence-corrected chi connectivity index (χ2v) is 7.47. The predicted octanol–water partition coefficient (Wildman–Crippen LogP) is 2.41. The number of hydrogen-bond donors (Lipinski definition) is 2. The Hall–Kier alpha value is -1.74. The van der Waals surface area contributed by atoms with Crippen LogP contribution in [0.5, 0.6) is 5.75 Å². The summed E-state index contributed by atoms with van der Waals surface area (Å²) in [6.07, 6.45) is 3.63. The normalized spacial score (nSPS) is 22.7. The summed E-state index contributed by atoms with van der Waals surface area (Å²) in [5, 5.41) is 13.4. The van der Waals surface area contributed by atoms with Crippen molar-refractivity contribution < 1.29 is 28.2 Å². The molecule has 0 aromatic carbocycles. The number of carbonyl (C=O) groups excluding carboxylic acids is 1. The first-order valence-corrected chi connectivity index (χ1v) is 9.09. The quantitative estimate of drug-likeness (QED) is 0.694. The minimum Gasteiger partial charge on any atom is -0.480 e. The smallest absolute Gasteiger partial charge is 0.387 e. The summed E-state index contributed by atoms with van der Waals surface area (Å²) in [5.41, 5.74) is 0. The first-order valence-electron chi connectivity index (χ1n) is 8.21. The Kier molecular flexibility index (Phi) is 5.53. The summed E-state index contributed by atoms with van der Waals surface area (Å²) in [6, 6.07) is 1.41. The van der Waals surface area contributed by atoms with Crippen molar-refractivity contribution in [2.45, 2.75) is 44.4 Å². The number of hydrogen-bond acceptors (Lipinski definition) is 5. The van der Waals surface area contributed by atoms with Crippen LogP contribution in [0.1, 0.15) is 35.4 Å². The Morgan fingerprint density at radius 2 is 2.12 bits per heavy atom. The van der Waals surface area contributed by atoms with E-state index in [9.17, 15) is 18.4 Å². The molecule has 6 nitrogen and oxygen atoms in total. The molecule has 138 valence electrons. The highest BCUT2D eigenvalue weighted by atomic mass is 32.1. The van der Waals surface area contributed by atoms with Gasteiger partial charge in [-0.1, -0.05) is 0 Å². The lowest BCUT2D eigenvalue weighted by Gasteiger charge is -2.42. The number of aliphatic carboxylic acids is 1. The molecule has 0 saturated heterocycles. The molecule has 2 aliphatic rings. The topological polar surface area (TPSA) is 78.9 Å². The second kappa shape index (κ2) is 7.65. The number of carboxylic acids is 1. The van der Waals surface area contributed by atoms with Crippen LogP contribution in [-0.4, -0.2) is 53.7 Å². The third kappa shape index (κ3) is 4.88. The van der Waals surface area contributed by atoms with Crippen molar-refractivity contribution in [3.8, 4) is 5.75 Å². The lowest BCUT2D eigenvalue weighted by Crippen LogP contribution is -2.55. The predicted molar refractivity (Wildman–Crippen MR) is 87.2 cm³/mol. The summed E-state index contributed by atoms with van der Waals surface area (Å²) >= 11 is 1.05. The molecule has 2 N–H and O–H groups in total. The molecule has 0 atom stereocenters. The molecule has 0 spiro atoms. The van der Waals surface area contributed by atoms with E-state index in [0.29, 0.717) is 18.8 Å². The zero-order valence-electron chi connectivity index (χ0n) is 13.5. The van der Waals surface area contributed by atoms with Crippen molar-refractivity contribution in [2.75, 3.05) is 13.1 Å². The molecule has 2 saturated carbocycles. The second-order valence-electron chi connectivity index (χ2n) is 6.55. The van der Waals surface area contributed by atoms with Gasteiger partial charge < -0.3 is 15.2 Å². The number of carbonyl (C=O) groups is 2. The van der Waals surface area contributed by atoms with Gasteiger partial charge in [0.1, 0.15) is 10.6 Å². The van der Waals surface area contributed by atoms with Gasteiger partial charge in [-0.2, -0.15) is 8.78 Å². The van der Waals surface area contributed by atoms with Crippen LogP contribution in [0.15, 0.2) is 11.4 Å². The number of halogens is 2. The molecule has 0 radical (unpaired) electrons. The zero-order valence-corrected chi connectivity index (χ0v) is 14.3. The van der Waals surface area contributed by atoms with Crippen molar-refractivity contribution in [2.24, 2.45) is 5.92 Å². The van der Waals surface area contributed by atoms with Crippen LogP contribution in [0.25, 0.3) is 0 Å². The average Bonchev–Trinajstić information content (AvgIpc) is 3.17. The third-order valence-electron chi connectivity index (χ3n) is 4.54. The number of carboxylic acid groups (broad SMARTS) is 1. The van der Waals surface area contributed by atoms with Crippen LogP contribution in [0.4, 0.5) is 8.78 Å². The van der Waals surface area contributed by atoms with E-state index in [4.69, 9.17) is 5.11 Å². The van der Waals surface area contributed by atoms with Crippen LogP contribution in [-0.2, 0) is 4.79 Å². The zero-order chi connectivity index (χ0) is 18.0. The molecule has 9 heteroatoms. The summed E-state index contributed by atoms with van der Waals surface area (Å²) in [7, 11) is 0. The van der Waals surface area contributed by atoms with Gasteiger partial charge in [-0.05, 0) is 43.0 Å². The highest BCUT2D eigenvalue weighted by Crippen LogP contribution is 2.34. The van der Waals surface area contributed by atoms with Crippen LogP contribution in [0.2, 0.25) is 0 Å². The van der Waals surface area contributed by atoms with Crippen molar-refractivity contribution in [1.29, 1.82) is 0 Å². The molecule has 1 aromatic rings. The van der Waals surface area contributed by atoms with E-state index < -0.39 is 18.5 Å². The molecule has 25 heavy (non-hydrogen) atoms. The fraction of sp³-hybridized carbons (Fsp3) is 0.625. The number of ether oxygens (including phenoxy) is 1. The SMILES string of the molecule is O=C(O)CN(CC1CC1)C1CC(NC(=O)c2sccc2OC(F)F)C1. The first kappa shape index (κ1) is 18.1. The van der Waals surface area contributed by atoms with Crippen LogP contribution < -0.4 is 10.1 Å². The number of nitrogens with zero attached hydrogens (tertiary/aromatic N) is 1. The van der Waals surface area contributed by atoms with E-state index >= 15 is 0 Å². The minimum absolute atomic E-state index is 0.0130. The van der Waals surface area contributed by atoms with Crippen molar-refractivity contribution in [1.82, 2.24) is 10.2 Å².